The molecule has 14 nitrogen and oxygen atoms in total. The first kappa shape index (κ1) is 24.7. The quantitative estimate of drug-likeness (QED) is 0.172. The zero-order chi connectivity index (χ0) is 22.8. The molecule has 1 N–H and O–H groups in total. The molecular weight excluding hydrogens is 408 g/mol. The lowest BCUT2D eigenvalue weighted by Gasteiger charge is -2.44. The smallest absolute Gasteiger partial charge is 0.305 e. The van der Waals surface area contributed by atoms with Gasteiger partial charge in [0.1, 0.15) is 25.3 Å². The monoisotopic (exact) mass is 430 g/mol. The van der Waals surface area contributed by atoms with Gasteiger partial charge in [-0.1, -0.05) is 5.11 Å². The normalized spacial score (nSPS) is 25.1. The fourth-order valence-electron chi connectivity index (χ4n) is 2.65. The number of nitrogens with one attached hydrogen (secondary N) is 1. The molecule has 1 rings (SSSR count). The number of nitrogens with zero attached hydrogens (tertiary/aromatic N) is 3. The van der Waals surface area contributed by atoms with Crippen LogP contribution in [0.15, 0.2) is 5.11 Å². The van der Waals surface area contributed by atoms with Gasteiger partial charge in [0.05, 0.1) is 0 Å². The van der Waals surface area contributed by atoms with Crippen molar-refractivity contribution in [3.63, 3.8) is 0 Å². The van der Waals surface area contributed by atoms with Crippen molar-refractivity contribution in [3.05, 3.63) is 10.4 Å². The largest absolute Gasteiger partial charge is 0.463 e. The van der Waals surface area contributed by atoms with E-state index in [2.05, 4.69) is 15.3 Å². The minimum absolute atomic E-state index is 0.428. The molecule has 1 aliphatic heterocycles. The van der Waals surface area contributed by atoms with Crippen molar-refractivity contribution in [1.29, 1.82) is 0 Å². The molecule has 1 heterocycles. The lowest BCUT2D eigenvalue weighted by molar-refractivity contribution is -0.271. The number of azide groups is 1. The third kappa shape index (κ3) is 7.93. The molecule has 166 valence electrons. The summed E-state index contributed by atoms with van der Waals surface area (Å²) < 4.78 is 25.9. The van der Waals surface area contributed by atoms with E-state index in [1.54, 1.807) is 0 Å². The maximum absolute atomic E-state index is 12.1. The Morgan fingerprint density at radius 2 is 1.50 bits per heavy atom. The minimum atomic E-state index is -1.51. The van der Waals surface area contributed by atoms with Gasteiger partial charge in [0.2, 0.25) is 12.2 Å². The molecular formula is C16H22N4O10. The van der Waals surface area contributed by atoms with Gasteiger partial charge in [-0.2, -0.15) is 0 Å². The van der Waals surface area contributed by atoms with Gasteiger partial charge in [-0.3, -0.25) is 24.0 Å². The molecule has 5 atom stereocenters. The van der Waals surface area contributed by atoms with Crippen molar-refractivity contribution in [2.75, 3.05) is 13.2 Å². The standard InChI is InChI=1S/C16H22N4O10/c1-7(21)26-6-11-14(27-8(2)22)15(28-9(3)23)13(16(30-11)29-10(4)24)19-12(25)5-18-20-17/h11,13-16H,5-6H2,1-4H3,(H,19,25)/t11?,13?,14-,15+,16+/m0/s1. The van der Waals surface area contributed by atoms with Gasteiger partial charge in [-0.15, -0.1) is 0 Å². The van der Waals surface area contributed by atoms with Crippen LogP contribution in [0.3, 0.4) is 0 Å². The van der Waals surface area contributed by atoms with Crippen LogP contribution < -0.4 is 5.32 Å². The highest BCUT2D eigenvalue weighted by Crippen LogP contribution is 2.28. The highest BCUT2D eigenvalue weighted by Gasteiger charge is 2.52. The molecule has 0 bridgehead atoms. The van der Waals surface area contributed by atoms with E-state index < -0.39 is 73.6 Å². The van der Waals surface area contributed by atoms with Crippen molar-refractivity contribution in [2.24, 2.45) is 5.11 Å². The van der Waals surface area contributed by atoms with Crippen molar-refractivity contribution in [2.45, 2.75) is 58.3 Å². The fraction of sp³-hybridized carbons (Fsp3) is 0.688. The van der Waals surface area contributed by atoms with Crippen molar-refractivity contribution >= 4 is 29.8 Å². The molecule has 0 aromatic carbocycles. The average molecular weight is 430 g/mol. The Kier molecular flexibility index (Phi) is 9.52. The summed E-state index contributed by atoms with van der Waals surface area (Å²) in [6.45, 7) is 3.32. The second kappa shape index (κ2) is 11.6. The van der Waals surface area contributed by atoms with Gasteiger partial charge in [-0.05, 0) is 5.53 Å². The predicted octanol–water partition coefficient (Wildman–Crippen LogP) is -0.504. The molecule has 0 radical (unpaired) electrons. The number of hydrogen-bond donors (Lipinski definition) is 1. The van der Waals surface area contributed by atoms with Crippen LogP contribution in [0.5, 0.6) is 0 Å². The van der Waals surface area contributed by atoms with Gasteiger partial charge in [-0.25, -0.2) is 0 Å². The Morgan fingerprint density at radius 1 is 0.933 bits per heavy atom. The molecule has 30 heavy (non-hydrogen) atoms. The molecule has 14 heteroatoms. The third-order valence-electron chi connectivity index (χ3n) is 3.59. The second-order valence-corrected chi connectivity index (χ2v) is 6.09. The Balaban J connectivity index is 3.33. The second-order valence-electron chi connectivity index (χ2n) is 6.09. The lowest BCUT2D eigenvalue weighted by Crippen LogP contribution is -2.67. The molecule has 1 fully saturated rings. The maximum Gasteiger partial charge on any atom is 0.305 e. The Hall–Kier alpha value is -3.38. The van der Waals surface area contributed by atoms with Gasteiger partial charge < -0.3 is 29.0 Å². The van der Waals surface area contributed by atoms with Crippen LogP contribution in [-0.2, 0) is 47.7 Å². The lowest BCUT2D eigenvalue weighted by atomic mass is 9.96. The summed E-state index contributed by atoms with van der Waals surface area (Å²) in [6, 6.07) is -1.34. The van der Waals surface area contributed by atoms with Gasteiger partial charge in [0.15, 0.2) is 12.2 Å². The molecule has 0 spiro atoms. The number of carbonyl (C=O) groups is 5. The zero-order valence-electron chi connectivity index (χ0n) is 16.7. The Bertz CT molecular complexity index is 736. The van der Waals surface area contributed by atoms with E-state index >= 15 is 0 Å². The number of rotatable bonds is 8. The minimum Gasteiger partial charge on any atom is -0.463 e. The number of carbonyl (C=O) groups excluding carboxylic acids is 5. The van der Waals surface area contributed by atoms with Crippen LogP contribution in [0.4, 0.5) is 0 Å². The third-order valence-corrected chi connectivity index (χ3v) is 3.59. The van der Waals surface area contributed by atoms with E-state index in [4.69, 9.17) is 29.2 Å². The van der Waals surface area contributed by atoms with E-state index in [-0.39, 0.29) is 0 Å². The van der Waals surface area contributed by atoms with E-state index in [0.29, 0.717) is 0 Å². The number of hydrogen-bond acceptors (Lipinski definition) is 11. The van der Waals surface area contributed by atoms with Crippen LogP contribution in [-0.4, -0.2) is 73.6 Å². The van der Waals surface area contributed by atoms with Crippen molar-refractivity contribution in [3.8, 4) is 0 Å². The summed E-state index contributed by atoms with van der Waals surface area (Å²) in [7, 11) is 0. The average Bonchev–Trinajstić information content (AvgIpc) is 2.62. The number of esters is 4. The molecule has 2 unspecified atom stereocenters. The Labute approximate surface area is 170 Å². The summed E-state index contributed by atoms with van der Waals surface area (Å²) in [6.07, 6.45) is -5.42. The highest BCUT2D eigenvalue weighted by atomic mass is 16.7. The Morgan fingerprint density at radius 3 is 2.00 bits per heavy atom. The maximum atomic E-state index is 12.1. The molecule has 0 aliphatic carbocycles. The van der Waals surface area contributed by atoms with Crippen molar-refractivity contribution < 1.29 is 47.7 Å². The van der Waals surface area contributed by atoms with E-state index in [9.17, 15) is 24.0 Å². The summed E-state index contributed by atoms with van der Waals surface area (Å²) >= 11 is 0. The number of amides is 1. The van der Waals surface area contributed by atoms with Crippen LogP contribution in [0.2, 0.25) is 0 Å². The highest BCUT2D eigenvalue weighted by molar-refractivity contribution is 5.79. The fourth-order valence-corrected chi connectivity index (χ4v) is 2.65. The SMILES string of the molecule is CC(=O)OCC1O[C@@H](OC(C)=O)C(NC(=O)CN=[N+]=[N-])[C@@H](OC(C)=O)[C@H]1OC(C)=O. The van der Waals surface area contributed by atoms with Crippen LogP contribution in [0, 0.1) is 0 Å². The zero-order valence-corrected chi connectivity index (χ0v) is 16.7. The first-order valence-corrected chi connectivity index (χ1v) is 8.65. The van der Waals surface area contributed by atoms with E-state index in [0.717, 1.165) is 27.7 Å². The predicted molar refractivity (Wildman–Crippen MR) is 94.1 cm³/mol. The van der Waals surface area contributed by atoms with Crippen LogP contribution in [0.1, 0.15) is 27.7 Å². The van der Waals surface area contributed by atoms with Crippen LogP contribution in [0.25, 0.3) is 10.4 Å². The molecule has 0 aromatic rings. The van der Waals surface area contributed by atoms with Crippen molar-refractivity contribution in [1.82, 2.24) is 5.32 Å². The molecule has 1 amide bonds. The molecule has 0 aromatic heterocycles. The summed E-state index contributed by atoms with van der Waals surface area (Å²) in [5, 5.41) is 5.48. The molecule has 1 aliphatic rings. The van der Waals surface area contributed by atoms with Gasteiger partial charge in [0.25, 0.3) is 0 Å². The first-order chi connectivity index (χ1) is 14.0. The van der Waals surface area contributed by atoms with Crippen LogP contribution >= 0.6 is 0 Å². The summed E-state index contributed by atoms with van der Waals surface area (Å²) in [5.74, 6) is -3.86. The topological polar surface area (TPSA) is 192 Å². The van der Waals surface area contributed by atoms with Gasteiger partial charge in [0, 0.05) is 32.6 Å². The molecule has 1 saturated heterocycles. The molecule has 0 saturated carbocycles. The number of ether oxygens (including phenoxy) is 5. The van der Waals surface area contributed by atoms with Gasteiger partial charge >= 0.3 is 23.9 Å². The first-order valence-electron chi connectivity index (χ1n) is 8.65. The van der Waals surface area contributed by atoms with E-state index in [1.807, 2.05) is 0 Å². The summed E-state index contributed by atoms with van der Waals surface area (Å²) in [5.41, 5.74) is 8.36. The van der Waals surface area contributed by atoms with E-state index in [1.165, 1.54) is 0 Å². The summed E-state index contributed by atoms with van der Waals surface area (Å²) in [4.78, 5) is 60.5.